The summed E-state index contributed by atoms with van der Waals surface area (Å²) < 4.78 is 5.35. The van der Waals surface area contributed by atoms with E-state index in [4.69, 9.17) is 10.6 Å². The Labute approximate surface area is 120 Å². The fourth-order valence-corrected chi connectivity index (χ4v) is 2.58. The quantitative estimate of drug-likeness (QED) is 0.650. The summed E-state index contributed by atoms with van der Waals surface area (Å²) in [6.45, 7) is 4.34. The van der Waals surface area contributed by atoms with Crippen LogP contribution in [0.5, 0.6) is 0 Å². The van der Waals surface area contributed by atoms with Crippen LogP contribution in [-0.4, -0.2) is 37.6 Å². The first-order chi connectivity index (χ1) is 9.61. The second-order valence-electron chi connectivity index (χ2n) is 5.42. The van der Waals surface area contributed by atoms with Crippen LogP contribution in [-0.2, 0) is 4.74 Å². The van der Waals surface area contributed by atoms with Crippen molar-refractivity contribution in [2.24, 2.45) is 11.8 Å². The largest absolute Gasteiger partial charge is 0.381 e. The van der Waals surface area contributed by atoms with E-state index in [1.807, 2.05) is 32.2 Å². The van der Waals surface area contributed by atoms with Crippen LogP contribution in [0.3, 0.4) is 0 Å². The number of hydrogen-bond donors (Lipinski definition) is 2. The van der Waals surface area contributed by atoms with Gasteiger partial charge in [0.1, 0.15) is 0 Å². The van der Waals surface area contributed by atoms with Gasteiger partial charge in [0, 0.05) is 32.4 Å². The number of nitrogen functional groups attached to an aromatic ring is 1. The van der Waals surface area contributed by atoms with E-state index in [-0.39, 0.29) is 5.91 Å². The van der Waals surface area contributed by atoms with Gasteiger partial charge in [0.25, 0.3) is 5.91 Å². The number of amides is 1. The molecule has 20 heavy (non-hydrogen) atoms. The van der Waals surface area contributed by atoms with Gasteiger partial charge in [0.2, 0.25) is 0 Å². The summed E-state index contributed by atoms with van der Waals surface area (Å²) in [6, 6.07) is 5.52. The molecule has 2 rings (SSSR count). The number of benzene rings is 1. The molecule has 1 saturated heterocycles. The van der Waals surface area contributed by atoms with E-state index in [1.165, 1.54) is 0 Å². The van der Waals surface area contributed by atoms with Gasteiger partial charge in [-0.15, -0.1) is 0 Å². The number of nitrogens with zero attached hydrogens (tertiary/aromatic N) is 1. The number of hydrogen-bond acceptors (Lipinski definition) is 4. The highest BCUT2D eigenvalue weighted by Crippen LogP contribution is 2.19. The van der Waals surface area contributed by atoms with Gasteiger partial charge in [-0.1, -0.05) is 0 Å². The summed E-state index contributed by atoms with van der Waals surface area (Å²) in [5.41, 5.74) is 5.13. The lowest BCUT2D eigenvalue weighted by Gasteiger charge is -2.27. The van der Waals surface area contributed by atoms with Gasteiger partial charge >= 0.3 is 0 Å². The third-order valence-corrected chi connectivity index (χ3v) is 3.85. The van der Waals surface area contributed by atoms with Crippen LogP contribution < -0.4 is 11.3 Å². The van der Waals surface area contributed by atoms with Crippen molar-refractivity contribution in [1.82, 2.24) is 4.90 Å². The molecule has 5 heteroatoms. The van der Waals surface area contributed by atoms with Crippen LogP contribution in [0, 0.1) is 12.8 Å². The van der Waals surface area contributed by atoms with Gasteiger partial charge < -0.3 is 15.1 Å². The highest BCUT2D eigenvalue weighted by molar-refractivity contribution is 5.94. The molecule has 1 aliphatic heterocycles. The minimum atomic E-state index is 0.0585. The maximum Gasteiger partial charge on any atom is 0.253 e. The highest BCUT2D eigenvalue weighted by Gasteiger charge is 2.19. The maximum absolute atomic E-state index is 12.4. The predicted octanol–water partition coefficient (Wildman–Crippen LogP) is 1.78. The number of carbonyl (C=O) groups is 1. The zero-order chi connectivity index (χ0) is 14.5. The number of rotatable bonds is 4. The Morgan fingerprint density at radius 3 is 2.75 bits per heavy atom. The van der Waals surface area contributed by atoms with Crippen LogP contribution in [0.15, 0.2) is 18.2 Å². The lowest BCUT2D eigenvalue weighted by Crippen LogP contribution is -2.34. The molecule has 1 aromatic carbocycles. The lowest BCUT2D eigenvalue weighted by atomic mass is 9.99. The third kappa shape index (κ3) is 3.49. The Morgan fingerprint density at radius 2 is 2.15 bits per heavy atom. The van der Waals surface area contributed by atoms with E-state index in [1.54, 1.807) is 4.90 Å². The predicted molar refractivity (Wildman–Crippen MR) is 79.5 cm³/mol. The average Bonchev–Trinajstić information content (AvgIpc) is 2.47. The normalized spacial score (nSPS) is 15.9. The molecular weight excluding hydrogens is 254 g/mol. The molecule has 0 aromatic heterocycles. The van der Waals surface area contributed by atoms with Crippen molar-refractivity contribution < 1.29 is 9.53 Å². The Hall–Kier alpha value is -1.59. The standard InChI is InChI=1S/C15H23N3O2/c1-11-9-13(3-4-14(11)17-16)15(19)18(2)10-12-5-7-20-8-6-12/h3-4,9,12,17H,5-8,10,16H2,1-2H3. The van der Waals surface area contributed by atoms with Crippen molar-refractivity contribution in [2.75, 3.05) is 32.2 Å². The van der Waals surface area contributed by atoms with Crippen LogP contribution in [0.2, 0.25) is 0 Å². The molecule has 0 spiro atoms. The Balaban J connectivity index is 2.00. The van der Waals surface area contributed by atoms with E-state index >= 15 is 0 Å². The molecule has 1 aromatic rings. The smallest absolute Gasteiger partial charge is 0.253 e. The molecule has 1 fully saturated rings. The molecule has 1 amide bonds. The number of nitrogens with one attached hydrogen (secondary N) is 1. The van der Waals surface area contributed by atoms with Crippen molar-refractivity contribution in [1.29, 1.82) is 0 Å². The second kappa shape index (κ2) is 6.72. The summed E-state index contributed by atoms with van der Waals surface area (Å²) in [7, 11) is 1.86. The topological polar surface area (TPSA) is 67.6 Å². The maximum atomic E-state index is 12.4. The molecule has 0 saturated carbocycles. The number of nitrogens with two attached hydrogens (primary N) is 1. The average molecular weight is 277 g/mol. The van der Waals surface area contributed by atoms with Crippen LogP contribution in [0.4, 0.5) is 5.69 Å². The number of aryl methyl sites for hydroxylation is 1. The molecule has 0 unspecified atom stereocenters. The third-order valence-electron chi connectivity index (χ3n) is 3.85. The van der Waals surface area contributed by atoms with Gasteiger partial charge in [0.15, 0.2) is 0 Å². The van der Waals surface area contributed by atoms with Crippen LogP contribution in [0.1, 0.15) is 28.8 Å². The molecule has 0 aliphatic carbocycles. The minimum absolute atomic E-state index is 0.0585. The molecule has 1 aliphatic rings. The van der Waals surface area contributed by atoms with E-state index < -0.39 is 0 Å². The Bertz CT molecular complexity index is 470. The van der Waals surface area contributed by atoms with Gasteiger partial charge in [-0.05, 0) is 49.4 Å². The molecule has 1 heterocycles. The molecular formula is C15H23N3O2. The lowest BCUT2D eigenvalue weighted by molar-refractivity contribution is 0.0497. The highest BCUT2D eigenvalue weighted by atomic mass is 16.5. The number of hydrazine groups is 1. The van der Waals surface area contributed by atoms with E-state index in [2.05, 4.69) is 5.43 Å². The number of anilines is 1. The van der Waals surface area contributed by atoms with Gasteiger partial charge in [-0.3, -0.25) is 10.6 Å². The monoisotopic (exact) mass is 277 g/mol. The first kappa shape index (κ1) is 14.8. The zero-order valence-electron chi connectivity index (χ0n) is 12.2. The van der Waals surface area contributed by atoms with Crippen molar-refractivity contribution >= 4 is 11.6 Å². The number of carbonyl (C=O) groups excluding carboxylic acids is 1. The summed E-state index contributed by atoms with van der Waals surface area (Å²) >= 11 is 0. The first-order valence-electron chi connectivity index (χ1n) is 7.02. The molecule has 5 nitrogen and oxygen atoms in total. The molecule has 3 N–H and O–H groups in total. The summed E-state index contributed by atoms with van der Waals surface area (Å²) in [6.07, 6.45) is 2.07. The van der Waals surface area contributed by atoms with Gasteiger partial charge in [-0.2, -0.15) is 0 Å². The van der Waals surface area contributed by atoms with E-state index in [0.29, 0.717) is 11.5 Å². The fourth-order valence-electron chi connectivity index (χ4n) is 2.58. The summed E-state index contributed by atoms with van der Waals surface area (Å²) in [4.78, 5) is 14.2. The zero-order valence-corrected chi connectivity index (χ0v) is 12.2. The molecule has 0 bridgehead atoms. The van der Waals surface area contributed by atoms with Crippen molar-refractivity contribution in [3.63, 3.8) is 0 Å². The first-order valence-corrected chi connectivity index (χ1v) is 7.02. The summed E-state index contributed by atoms with van der Waals surface area (Å²) in [5.74, 6) is 6.01. The SMILES string of the molecule is Cc1cc(C(=O)N(C)CC2CCOCC2)ccc1NN. The minimum Gasteiger partial charge on any atom is -0.381 e. The van der Waals surface area contributed by atoms with Crippen molar-refractivity contribution in [2.45, 2.75) is 19.8 Å². The van der Waals surface area contributed by atoms with E-state index in [0.717, 1.165) is 43.9 Å². The molecule has 0 atom stereocenters. The Kier molecular flexibility index (Phi) is 4.98. The van der Waals surface area contributed by atoms with Crippen molar-refractivity contribution in [3.8, 4) is 0 Å². The molecule has 110 valence electrons. The second-order valence-corrected chi connectivity index (χ2v) is 5.42. The fraction of sp³-hybridized carbons (Fsp3) is 0.533. The Morgan fingerprint density at radius 1 is 1.45 bits per heavy atom. The van der Waals surface area contributed by atoms with E-state index in [9.17, 15) is 4.79 Å². The van der Waals surface area contributed by atoms with Crippen LogP contribution in [0.25, 0.3) is 0 Å². The van der Waals surface area contributed by atoms with Crippen LogP contribution >= 0.6 is 0 Å². The molecule has 0 radical (unpaired) electrons. The van der Waals surface area contributed by atoms with Gasteiger partial charge in [-0.25, -0.2) is 0 Å². The van der Waals surface area contributed by atoms with Gasteiger partial charge in [0.05, 0.1) is 5.69 Å². The summed E-state index contributed by atoms with van der Waals surface area (Å²) in [5, 5.41) is 0. The number of ether oxygens (including phenoxy) is 1. The van der Waals surface area contributed by atoms with Crippen molar-refractivity contribution in [3.05, 3.63) is 29.3 Å².